The fourth-order valence-corrected chi connectivity index (χ4v) is 6.86. The van der Waals surface area contributed by atoms with E-state index in [1.54, 1.807) is 42.5 Å². The lowest BCUT2D eigenvalue weighted by atomic mass is 9.84. The predicted octanol–water partition coefficient (Wildman–Crippen LogP) is 4.55. The first-order chi connectivity index (χ1) is 15.7. The van der Waals surface area contributed by atoms with Crippen LogP contribution in [0, 0.1) is 11.8 Å². The van der Waals surface area contributed by atoms with Crippen LogP contribution in [0.5, 0.6) is 0 Å². The summed E-state index contributed by atoms with van der Waals surface area (Å²) in [6.07, 6.45) is 4.77. The Hall–Kier alpha value is -2.97. The van der Waals surface area contributed by atoms with Crippen LogP contribution >= 0.6 is 0 Å². The zero-order valence-electron chi connectivity index (χ0n) is 18.2. The van der Waals surface area contributed by atoms with Crippen molar-refractivity contribution in [1.82, 2.24) is 3.97 Å². The van der Waals surface area contributed by atoms with Crippen molar-refractivity contribution in [2.75, 3.05) is 0 Å². The summed E-state index contributed by atoms with van der Waals surface area (Å²) in [7, 11) is -7.64. The molecule has 6 nitrogen and oxygen atoms in total. The minimum Gasteiger partial charge on any atom is -0.299 e. The largest absolute Gasteiger partial charge is 0.299 e. The van der Waals surface area contributed by atoms with E-state index in [4.69, 9.17) is 0 Å². The summed E-state index contributed by atoms with van der Waals surface area (Å²) in [6.45, 7) is 1.84. The summed E-state index contributed by atoms with van der Waals surface area (Å²) >= 11 is 0. The fraction of sp³-hybridized carbons (Fsp3) is 0.240. The van der Waals surface area contributed by atoms with E-state index in [0.29, 0.717) is 24.0 Å². The van der Waals surface area contributed by atoms with Gasteiger partial charge in [-0.05, 0) is 60.2 Å². The predicted molar refractivity (Wildman–Crippen MR) is 127 cm³/mol. The molecule has 172 valence electrons. The molecule has 0 saturated heterocycles. The standard InChI is InChI=1S/C25H25NO5S2/c1-19(23-13-8-14-25(23)27)24(18-32(28,29)21-9-4-2-5-10-21)20-15-16-26(17-20)33(30,31)22-11-6-3-7-12-22/h2-7,9-12,15-19,23H,8,13-14H2,1H3/b24-18+. The third-order valence-electron chi connectivity index (χ3n) is 6.12. The molecule has 1 heterocycles. The summed E-state index contributed by atoms with van der Waals surface area (Å²) in [6, 6.07) is 17.7. The Morgan fingerprint density at radius 1 is 0.939 bits per heavy atom. The Morgan fingerprint density at radius 2 is 1.55 bits per heavy atom. The highest BCUT2D eigenvalue weighted by molar-refractivity contribution is 7.94. The molecule has 1 aromatic heterocycles. The van der Waals surface area contributed by atoms with Gasteiger partial charge in [-0.15, -0.1) is 0 Å². The van der Waals surface area contributed by atoms with E-state index in [-0.39, 0.29) is 27.4 Å². The molecule has 1 aliphatic carbocycles. The van der Waals surface area contributed by atoms with Crippen LogP contribution in [0.4, 0.5) is 0 Å². The number of Topliss-reactive ketones (excluding diaryl/α,β-unsaturated/α-hetero) is 1. The Balaban J connectivity index is 1.80. The molecule has 0 bridgehead atoms. The smallest absolute Gasteiger partial charge is 0.267 e. The second-order valence-electron chi connectivity index (χ2n) is 8.23. The first-order valence-electron chi connectivity index (χ1n) is 10.7. The third-order valence-corrected chi connectivity index (χ3v) is 9.26. The fourth-order valence-electron chi connectivity index (χ4n) is 4.28. The molecular formula is C25H25NO5S2. The van der Waals surface area contributed by atoms with Gasteiger partial charge in [0.15, 0.2) is 9.84 Å². The monoisotopic (exact) mass is 483 g/mol. The summed E-state index contributed by atoms with van der Waals surface area (Å²) in [5.74, 6) is -0.563. The van der Waals surface area contributed by atoms with Crippen molar-refractivity contribution in [3.63, 3.8) is 0 Å². The Labute approximate surface area is 194 Å². The number of allylic oxidation sites excluding steroid dienone is 1. The number of carbonyl (C=O) groups excluding carboxylic acids is 1. The molecular weight excluding hydrogens is 458 g/mol. The van der Waals surface area contributed by atoms with Crippen molar-refractivity contribution >= 4 is 31.2 Å². The average Bonchev–Trinajstić information content (AvgIpc) is 3.48. The Kier molecular flexibility index (Phi) is 6.41. The van der Waals surface area contributed by atoms with Gasteiger partial charge < -0.3 is 0 Å². The summed E-state index contributed by atoms with van der Waals surface area (Å²) in [5.41, 5.74) is 0.891. The molecule has 3 aromatic rings. The van der Waals surface area contributed by atoms with E-state index in [9.17, 15) is 21.6 Å². The summed E-state index contributed by atoms with van der Waals surface area (Å²) < 4.78 is 53.4. The van der Waals surface area contributed by atoms with Crippen LogP contribution in [0.3, 0.4) is 0 Å². The highest BCUT2D eigenvalue weighted by atomic mass is 32.2. The maximum absolute atomic E-state index is 13.2. The number of carbonyl (C=O) groups is 1. The van der Waals surface area contributed by atoms with Gasteiger partial charge in [0.25, 0.3) is 10.0 Å². The SMILES string of the molecule is CC(/C(=C\S(=O)(=O)c1ccccc1)c1ccn(S(=O)(=O)c2ccccc2)c1)C1CCCC1=O. The number of nitrogens with zero attached hydrogens (tertiary/aromatic N) is 1. The number of aromatic nitrogens is 1. The van der Waals surface area contributed by atoms with Crippen LogP contribution in [0.1, 0.15) is 31.7 Å². The molecule has 1 fully saturated rings. The van der Waals surface area contributed by atoms with Gasteiger partial charge in [-0.1, -0.05) is 43.3 Å². The van der Waals surface area contributed by atoms with Crippen molar-refractivity contribution in [3.05, 3.63) is 90.1 Å². The number of benzene rings is 2. The Bertz CT molecular complexity index is 1390. The highest BCUT2D eigenvalue weighted by Crippen LogP contribution is 2.38. The molecule has 33 heavy (non-hydrogen) atoms. The topological polar surface area (TPSA) is 90.3 Å². The summed E-state index contributed by atoms with van der Waals surface area (Å²) in [5, 5.41) is 1.19. The van der Waals surface area contributed by atoms with Crippen molar-refractivity contribution in [2.24, 2.45) is 11.8 Å². The molecule has 1 saturated carbocycles. The van der Waals surface area contributed by atoms with E-state index in [1.165, 1.54) is 42.1 Å². The van der Waals surface area contributed by atoms with E-state index in [0.717, 1.165) is 10.4 Å². The maximum atomic E-state index is 13.2. The lowest BCUT2D eigenvalue weighted by Crippen LogP contribution is -2.18. The van der Waals surface area contributed by atoms with Crippen molar-refractivity contribution in [3.8, 4) is 0 Å². The van der Waals surface area contributed by atoms with Crippen LogP contribution in [0.2, 0.25) is 0 Å². The van der Waals surface area contributed by atoms with Crippen LogP contribution in [-0.4, -0.2) is 26.6 Å². The van der Waals surface area contributed by atoms with Crippen LogP contribution in [0.15, 0.2) is 94.3 Å². The van der Waals surface area contributed by atoms with E-state index >= 15 is 0 Å². The number of sulfone groups is 1. The number of rotatable bonds is 7. The van der Waals surface area contributed by atoms with Gasteiger partial charge in [-0.25, -0.2) is 20.8 Å². The molecule has 4 rings (SSSR count). The molecule has 8 heteroatoms. The van der Waals surface area contributed by atoms with Gasteiger partial charge in [-0.3, -0.25) is 4.79 Å². The van der Waals surface area contributed by atoms with E-state index in [2.05, 4.69) is 0 Å². The lowest BCUT2D eigenvalue weighted by molar-refractivity contribution is -0.121. The average molecular weight is 484 g/mol. The molecule has 2 aromatic carbocycles. The van der Waals surface area contributed by atoms with Gasteiger partial charge in [-0.2, -0.15) is 0 Å². The van der Waals surface area contributed by atoms with Gasteiger partial charge in [0, 0.05) is 30.1 Å². The number of ketones is 1. The minimum atomic E-state index is -3.83. The van der Waals surface area contributed by atoms with Crippen LogP contribution in [0.25, 0.3) is 5.57 Å². The molecule has 0 radical (unpaired) electrons. The molecule has 0 aliphatic heterocycles. The Morgan fingerprint density at radius 3 is 2.12 bits per heavy atom. The molecule has 0 amide bonds. The van der Waals surface area contributed by atoms with E-state index < -0.39 is 19.9 Å². The van der Waals surface area contributed by atoms with Gasteiger partial charge in [0.2, 0.25) is 0 Å². The molecule has 0 spiro atoms. The zero-order valence-corrected chi connectivity index (χ0v) is 19.8. The first kappa shape index (κ1) is 23.2. The lowest BCUT2D eigenvalue weighted by Gasteiger charge is -2.21. The zero-order chi connectivity index (χ0) is 23.6. The maximum Gasteiger partial charge on any atom is 0.267 e. The number of hydrogen-bond donors (Lipinski definition) is 0. The van der Waals surface area contributed by atoms with Crippen molar-refractivity contribution in [1.29, 1.82) is 0 Å². The minimum absolute atomic E-state index is 0.113. The molecule has 2 atom stereocenters. The first-order valence-corrected chi connectivity index (χ1v) is 13.7. The quantitative estimate of drug-likeness (QED) is 0.492. The molecule has 0 N–H and O–H groups in total. The van der Waals surface area contributed by atoms with Gasteiger partial charge in [0.05, 0.1) is 9.79 Å². The van der Waals surface area contributed by atoms with Crippen molar-refractivity contribution in [2.45, 2.75) is 36.0 Å². The van der Waals surface area contributed by atoms with E-state index in [1.807, 2.05) is 6.92 Å². The van der Waals surface area contributed by atoms with Gasteiger partial charge in [0.1, 0.15) is 5.78 Å². The summed E-state index contributed by atoms with van der Waals surface area (Å²) in [4.78, 5) is 12.7. The number of hydrogen-bond acceptors (Lipinski definition) is 5. The third kappa shape index (κ3) is 4.72. The van der Waals surface area contributed by atoms with Crippen LogP contribution in [-0.2, 0) is 24.7 Å². The van der Waals surface area contributed by atoms with Crippen LogP contribution < -0.4 is 0 Å². The molecule has 2 unspecified atom stereocenters. The van der Waals surface area contributed by atoms with Gasteiger partial charge >= 0.3 is 0 Å². The molecule has 1 aliphatic rings. The second-order valence-corrected chi connectivity index (χ2v) is 11.9. The van der Waals surface area contributed by atoms with Crippen molar-refractivity contribution < 1.29 is 21.6 Å². The second kappa shape index (κ2) is 9.11. The highest BCUT2D eigenvalue weighted by Gasteiger charge is 2.33. The normalized spacial score (nSPS) is 18.4.